The molecule has 0 atom stereocenters. The summed E-state index contributed by atoms with van der Waals surface area (Å²) in [5.41, 5.74) is 2.08. The lowest BCUT2D eigenvalue weighted by molar-refractivity contribution is -0.118. The number of amides is 1. The molecule has 0 saturated carbocycles. The van der Waals surface area contributed by atoms with Crippen LogP contribution in [0.5, 0.6) is 0 Å². The molecule has 0 bridgehead atoms. The summed E-state index contributed by atoms with van der Waals surface area (Å²) in [5, 5.41) is 11.8. The Morgan fingerprint density at radius 2 is 1.72 bits per heavy atom. The molecule has 0 aromatic heterocycles. The predicted octanol–water partition coefficient (Wildman–Crippen LogP) is 2.37. The van der Waals surface area contributed by atoms with Crippen molar-refractivity contribution in [2.24, 2.45) is 0 Å². The maximum Gasteiger partial charge on any atom is 0.492 e. The third kappa shape index (κ3) is 4.94. The Morgan fingerprint density at radius 1 is 1.16 bits per heavy atom. The van der Waals surface area contributed by atoms with E-state index in [1.165, 1.54) is 6.92 Å². The van der Waals surface area contributed by atoms with Gasteiger partial charge in [-0.3, -0.25) is 4.79 Å². The number of carbonyl (C=O) groups excluding carboxylic acids is 1. The molecule has 0 radical (unpaired) electrons. The van der Waals surface area contributed by atoms with Gasteiger partial charge in [-0.05, 0) is 50.7 Å². The fourth-order valence-electron chi connectivity index (χ4n) is 2.55. The van der Waals surface area contributed by atoms with Gasteiger partial charge in [-0.2, -0.15) is 0 Å². The van der Waals surface area contributed by atoms with Gasteiger partial charge in [0.25, 0.3) is 0 Å². The highest BCUT2D eigenvalue weighted by molar-refractivity contribution is 6.56. The van der Waals surface area contributed by atoms with Crippen LogP contribution >= 0.6 is 0 Å². The van der Waals surface area contributed by atoms with E-state index in [4.69, 9.17) is 14.4 Å². The molecule has 0 spiro atoms. The standard InChI is InChI=1S/C19H28BNO4/c1-14(23)21-13-17(20-24-18(2,3)19(4,5)25-20)12-16-8-6-15(7-9-16)10-11-22/h6-9,12,22H,10-11,13H2,1-5H3,(H,21,23). The van der Waals surface area contributed by atoms with Gasteiger partial charge >= 0.3 is 7.12 Å². The maximum absolute atomic E-state index is 11.3. The Balaban J connectivity index is 2.25. The average Bonchev–Trinajstić information content (AvgIpc) is 2.73. The highest BCUT2D eigenvalue weighted by Gasteiger charge is 2.52. The second-order valence-corrected chi connectivity index (χ2v) is 7.43. The number of benzene rings is 1. The van der Waals surface area contributed by atoms with Crippen molar-refractivity contribution in [1.29, 1.82) is 0 Å². The monoisotopic (exact) mass is 345 g/mol. The van der Waals surface area contributed by atoms with Crippen LogP contribution in [0.2, 0.25) is 0 Å². The summed E-state index contributed by atoms with van der Waals surface area (Å²) in [4.78, 5) is 11.3. The summed E-state index contributed by atoms with van der Waals surface area (Å²) in [6, 6.07) is 7.96. The smallest absolute Gasteiger partial charge is 0.400 e. The molecule has 0 unspecified atom stereocenters. The van der Waals surface area contributed by atoms with E-state index in [0.29, 0.717) is 13.0 Å². The Kier molecular flexibility index (Phi) is 6.09. The summed E-state index contributed by atoms with van der Waals surface area (Å²) in [7, 11) is -0.506. The van der Waals surface area contributed by atoms with Crippen LogP contribution in [-0.2, 0) is 20.5 Å². The van der Waals surface area contributed by atoms with Crippen LogP contribution in [0.25, 0.3) is 6.08 Å². The third-order valence-electron chi connectivity index (χ3n) is 4.83. The fraction of sp³-hybridized carbons (Fsp3) is 0.526. The molecule has 1 aromatic carbocycles. The minimum Gasteiger partial charge on any atom is -0.400 e. The van der Waals surface area contributed by atoms with Crippen molar-refractivity contribution in [2.75, 3.05) is 13.2 Å². The minimum absolute atomic E-state index is 0.0966. The van der Waals surface area contributed by atoms with Crippen molar-refractivity contribution in [3.63, 3.8) is 0 Å². The molecule has 1 fully saturated rings. The van der Waals surface area contributed by atoms with E-state index in [1.54, 1.807) is 0 Å². The van der Waals surface area contributed by atoms with Gasteiger partial charge in [0.15, 0.2) is 0 Å². The zero-order valence-electron chi connectivity index (χ0n) is 15.8. The zero-order chi connectivity index (χ0) is 18.7. The predicted molar refractivity (Wildman–Crippen MR) is 100.0 cm³/mol. The number of hydrogen-bond acceptors (Lipinski definition) is 4. The summed E-state index contributed by atoms with van der Waals surface area (Å²) in [6.07, 6.45) is 2.63. The van der Waals surface area contributed by atoms with E-state index in [2.05, 4.69) is 5.32 Å². The van der Waals surface area contributed by atoms with Gasteiger partial charge in [-0.15, -0.1) is 0 Å². The zero-order valence-corrected chi connectivity index (χ0v) is 15.8. The minimum atomic E-state index is -0.506. The van der Waals surface area contributed by atoms with Crippen molar-refractivity contribution in [3.8, 4) is 0 Å². The van der Waals surface area contributed by atoms with Crippen LogP contribution in [0.1, 0.15) is 45.7 Å². The van der Waals surface area contributed by atoms with Crippen LogP contribution in [0, 0.1) is 0 Å². The Labute approximate surface area is 150 Å². The second kappa shape index (κ2) is 7.73. The Hall–Kier alpha value is -1.63. The lowest BCUT2D eigenvalue weighted by Gasteiger charge is -2.32. The third-order valence-corrected chi connectivity index (χ3v) is 4.83. The topological polar surface area (TPSA) is 67.8 Å². The number of nitrogens with one attached hydrogen (secondary N) is 1. The number of aliphatic hydroxyl groups excluding tert-OH is 1. The fourth-order valence-corrected chi connectivity index (χ4v) is 2.55. The van der Waals surface area contributed by atoms with E-state index >= 15 is 0 Å². The highest BCUT2D eigenvalue weighted by Crippen LogP contribution is 2.38. The summed E-state index contributed by atoms with van der Waals surface area (Å²) < 4.78 is 12.2. The molecule has 25 heavy (non-hydrogen) atoms. The molecule has 1 aliphatic heterocycles. The molecule has 1 aliphatic rings. The summed E-state index contributed by atoms with van der Waals surface area (Å²) in [5.74, 6) is -0.0966. The van der Waals surface area contributed by atoms with Crippen molar-refractivity contribution in [3.05, 3.63) is 40.9 Å². The van der Waals surface area contributed by atoms with Crippen LogP contribution in [0.15, 0.2) is 29.7 Å². The van der Waals surface area contributed by atoms with Crippen LogP contribution < -0.4 is 5.32 Å². The first-order valence-corrected chi connectivity index (χ1v) is 8.65. The number of hydrogen-bond donors (Lipinski definition) is 2. The molecule has 6 heteroatoms. The lowest BCUT2D eigenvalue weighted by atomic mass is 9.77. The quantitative estimate of drug-likeness (QED) is 0.777. The normalized spacial score (nSPS) is 19.1. The molecule has 136 valence electrons. The maximum atomic E-state index is 11.3. The molecular weight excluding hydrogens is 317 g/mol. The molecule has 1 amide bonds. The van der Waals surface area contributed by atoms with Gasteiger partial charge in [0.05, 0.1) is 11.2 Å². The molecule has 2 N–H and O–H groups in total. The van der Waals surface area contributed by atoms with Crippen molar-refractivity contribution in [2.45, 2.75) is 52.2 Å². The van der Waals surface area contributed by atoms with Gasteiger partial charge in [-0.25, -0.2) is 0 Å². The van der Waals surface area contributed by atoms with Gasteiger partial charge in [0.1, 0.15) is 0 Å². The van der Waals surface area contributed by atoms with Crippen LogP contribution in [0.3, 0.4) is 0 Å². The van der Waals surface area contributed by atoms with Crippen molar-refractivity contribution >= 4 is 19.1 Å². The molecule has 5 nitrogen and oxygen atoms in total. The van der Waals surface area contributed by atoms with Crippen molar-refractivity contribution in [1.82, 2.24) is 5.32 Å². The van der Waals surface area contributed by atoms with Gasteiger partial charge < -0.3 is 19.7 Å². The molecular formula is C19H28BNO4. The Bertz CT molecular complexity index is 621. The Morgan fingerprint density at radius 3 is 2.20 bits per heavy atom. The first-order chi connectivity index (χ1) is 11.6. The van der Waals surface area contributed by atoms with Crippen molar-refractivity contribution < 1.29 is 19.2 Å². The molecule has 1 heterocycles. The number of carbonyl (C=O) groups is 1. The molecule has 2 rings (SSSR count). The highest BCUT2D eigenvalue weighted by atomic mass is 16.7. The second-order valence-electron chi connectivity index (χ2n) is 7.43. The summed E-state index contributed by atoms with van der Waals surface area (Å²) in [6.45, 7) is 10.0. The van der Waals surface area contributed by atoms with Gasteiger partial charge in [0, 0.05) is 20.1 Å². The van der Waals surface area contributed by atoms with Crippen LogP contribution in [0.4, 0.5) is 0 Å². The van der Waals surface area contributed by atoms with E-state index in [1.807, 2.05) is 58.0 Å². The van der Waals surface area contributed by atoms with Crippen LogP contribution in [-0.4, -0.2) is 42.5 Å². The lowest BCUT2D eigenvalue weighted by Crippen LogP contribution is -2.41. The first-order valence-electron chi connectivity index (χ1n) is 8.65. The number of aliphatic hydroxyl groups is 1. The molecule has 1 aromatic rings. The molecule has 0 aliphatic carbocycles. The number of rotatable bonds is 6. The van der Waals surface area contributed by atoms with Gasteiger partial charge in [-0.1, -0.05) is 30.3 Å². The largest absolute Gasteiger partial charge is 0.492 e. The van der Waals surface area contributed by atoms with E-state index < -0.39 is 18.3 Å². The SMILES string of the molecule is CC(=O)NCC(=Cc1ccc(CCO)cc1)B1OC(C)(C)C(C)(C)O1. The van der Waals surface area contributed by atoms with Gasteiger partial charge in [0.2, 0.25) is 5.91 Å². The van der Waals surface area contributed by atoms with E-state index in [-0.39, 0.29) is 12.5 Å². The van der Waals surface area contributed by atoms with E-state index in [0.717, 1.165) is 16.6 Å². The average molecular weight is 345 g/mol. The first kappa shape index (κ1) is 19.7. The molecule has 1 saturated heterocycles. The summed E-state index contributed by atoms with van der Waals surface area (Å²) >= 11 is 0. The van der Waals surface area contributed by atoms with E-state index in [9.17, 15) is 4.79 Å².